The quantitative estimate of drug-likeness (QED) is 0.196. The maximum Gasteiger partial charge on any atom is 0.193 e. The minimum Gasteiger partial charge on any atom is -0.496 e. The molecule has 0 unspecified atom stereocenters. The number of para-hydroxylation sites is 2. The van der Waals surface area contributed by atoms with E-state index in [0.29, 0.717) is 26.3 Å². The third-order valence-electron chi connectivity index (χ3n) is 4.63. The van der Waals surface area contributed by atoms with Gasteiger partial charge in [0.25, 0.3) is 0 Å². The Labute approximate surface area is 201 Å². The second-order valence-electron chi connectivity index (χ2n) is 6.82. The lowest BCUT2D eigenvalue weighted by molar-refractivity contribution is 0.123. The summed E-state index contributed by atoms with van der Waals surface area (Å²) in [6.07, 6.45) is 3.92. The molecular formula is C23H30IN5O2. The third-order valence-corrected chi connectivity index (χ3v) is 4.63. The van der Waals surface area contributed by atoms with Gasteiger partial charge in [0.2, 0.25) is 0 Å². The number of methoxy groups -OCH3 is 1. The van der Waals surface area contributed by atoms with Gasteiger partial charge in [-0.05, 0) is 18.2 Å². The van der Waals surface area contributed by atoms with E-state index in [2.05, 4.69) is 20.3 Å². The summed E-state index contributed by atoms with van der Waals surface area (Å²) in [5.74, 6) is 1.65. The molecule has 0 radical (unpaired) electrons. The van der Waals surface area contributed by atoms with Crippen molar-refractivity contribution < 1.29 is 9.47 Å². The number of hydrogen-bond donors (Lipinski definition) is 1. The van der Waals surface area contributed by atoms with Crippen molar-refractivity contribution in [2.24, 2.45) is 4.99 Å². The second kappa shape index (κ2) is 13.0. The van der Waals surface area contributed by atoms with Gasteiger partial charge in [-0.25, -0.2) is 4.68 Å². The van der Waals surface area contributed by atoms with Crippen molar-refractivity contribution >= 4 is 29.9 Å². The predicted molar refractivity (Wildman–Crippen MR) is 134 cm³/mol. The van der Waals surface area contributed by atoms with Crippen LogP contribution in [0, 0.1) is 0 Å². The highest BCUT2D eigenvalue weighted by Gasteiger charge is 2.09. The molecule has 0 fully saturated rings. The summed E-state index contributed by atoms with van der Waals surface area (Å²) in [5, 5.41) is 7.79. The summed E-state index contributed by atoms with van der Waals surface area (Å²) in [6.45, 7) is 2.44. The highest BCUT2D eigenvalue weighted by Crippen LogP contribution is 2.17. The van der Waals surface area contributed by atoms with Gasteiger partial charge in [-0.2, -0.15) is 5.10 Å². The number of guanidine groups is 1. The molecule has 0 spiro atoms. The number of nitrogens with one attached hydrogen (secondary N) is 1. The molecule has 3 rings (SSSR count). The number of aliphatic imine (C=N–C) groups is 1. The van der Waals surface area contributed by atoms with Gasteiger partial charge in [0.05, 0.1) is 32.2 Å². The molecule has 0 aliphatic carbocycles. The van der Waals surface area contributed by atoms with Crippen LogP contribution in [0.1, 0.15) is 11.1 Å². The molecule has 166 valence electrons. The number of ether oxygens (including phenoxy) is 2. The zero-order chi connectivity index (χ0) is 21.2. The Morgan fingerprint density at radius 2 is 1.87 bits per heavy atom. The number of hydrogen-bond acceptors (Lipinski definition) is 4. The fourth-order valence-corrected chi connectivity index (χ4v) is 3.14. The first-order valence-corrected chi connectivity index (χ1v) is 9.91. The molecule has 3 aromatic rings. The lowest BCUT2D eigenvalue weighted by Gasteiger charge is -2.21. The fourth-order valence-electron chi connectivity index (χ4n) is 3.14. The van der Waals surface area contributed by atoms with E-state index >= 15 is 0 Å². The van der Waals surface area contributed by atoms with Crippen LogP contribution in [0.3, 0.4) is 0 Å². The van der Waals surface area contributed by atoms with Crippen LogP contribution in [-0.4, -0.2) is 55.0 Å². The van der Waals surface area contributed by atoms with Crippen LogP contribution in [0.5, 0.6) is 5.75 Å². The SMILES string of the molecule is CN=C(NCCOCc1ccccc1OC)N(C)Cc1cnn(-c2ccccc2)c1.I. The van der Waals surface area contributed by atoms with Gasteiger partial charge in [0.15, 0.2) is 5.96 Å². The number of halogens is 1. The molecule has 2 aromatic carbocycles. The molecular weight excluding hydrogens is 505 g/mol. The van der Waals surface area contributed by atoms with E-state index in [4.69, 9.17) is 9.47 Å². The average Bonchev–Trinajstić information content (AvgIpc) is 3.25. The highest BCUT2D eigenvalue weighted by atomic mass is 127. The molecule has 7 nitrogen and oxygen atoms in total. The minimum atomic E-state index is 0. The van der Waals surface area contributed by atoms with Gasteiger partial charge in [-0.15, -0.1) is 24.0 Å². The number of nitrogens with zero attached hydrogens (tertiary/aromatic N) is 4. The van der Waals surface area contributed by atoms with Crippen molar-refractivity contribution in [3.05, 3.63) is 78.1 Å². The molecule has 1 heterocycles. The summed E-state index contributed by atoms with van der Waals surface area (Å²) >= 11 is 0. The molecule has 0 amide bonds. The van der Waals surface area contributed by atoms with E-state index in [1.165, 1.54) is 0 Å². The number of benzene rings is 2. The van der Waals surface area contributed by atoms with E-state index in [1.54, 1.807) is 14.2 Å². The zero-order valence-electron chi connectivity index (χ0n) is 18.2. The fraction of sp³-hybridized carbons (Fsp3) is 0.304. The molecule has 0 aliphatic heterocycles. The Kier molecular flexibility index (Phi) is 10.3. The van der Waals surface area contributed by atoms with Crippen molar-refractivity contribution in [3.63, 3.8) is 0 Å². The van der Waals surface area contributed by atoms with Crippen LogP contribution in [0.25, 0.3) is 5.69 Å². The second-order valence-corrected chi connectivity index (χ2v) is 6.82. The maximum absolute atomic E-state index is 5.78. The predicted octanol–water partition coefficient (Wildman–Crippen LogP) is 3.72. The molecule has 0 aliphatic rings. The Morgan fingerprint density at radius 3 is 2.61 bits per heavy atom. The Bertz CT molecular complexity index is 946. The van der Waals surface area contributed by atoms with E-state index in [-0.39, 0.29) is 24.0 Å². The Balaban J connectivity index is 0.00000341. The summed E-state index contributed by atoms with van der Waals surface area (Å²) in [6, 6.07) is 18.0. The van der Waals surface area contributed by atoms with Gasteiger partial charge in [0.1, 0.15) is 5.75 Å². The topological polar surface area (TPSA) is 63.9 Å². The maximum atomic E-state index is 5.78. The van der Waals surface area contributed by atoms with Crippen LogP contribution in [0.4, 0.5) is 0 Å². The largest absolute Gasteiger partial charge is 0.496 e. The van der Waals surface area contributed by atoms with E-state index in [9.17, 15) is 0 Å². The molecule has 0 saturated heterocycles. The minimum absolute atomic E-state index is 0. The first kappa shape index (κ1) is 24.7. The van der Waals surface area contributed by atoms with Crippen LogP contribution in [-0.2, 0) is 17.9 Å². The monoisotopic (exact) mass is 535 g/mol. The van der Waals surface area contributed by atoms with Crippen LogP contribution >= 0.6 is 24.0 Å². The Hall–Kier alpha value is -2.59. The summed E-state index contributed by atoms with van der Waals surface area (Å²) < 4.78 is 13.0. The van der Waals surface area contributed by atoms with Gasteiger partial charge in [-0.3, -0.25) is 4.99 Å². The van der Waals surface area contributed by atoms with Crippen molar-refractivity contribution in [2.75, 3.05) is 34.4 Å². The van der Waals surface area contributed by atoms with E-state index in [0.717, 1.165) is 28.5 Å². The lowest BCUT2D eigenvalue weighted by atomic mass is 10.2. The summed E-state index contributed by atoms with van der Waals surface area (Å²) in [7, 11) is 5.45. The smallest absolute Gasteiger partial charge is 0.193 e. The third kappa shape index (κ3) is 7.25. The molecule has 0 bridgehead atoms. The van der Waals surface area contributed by atoms with Crippen molar-refractivity contribution in [1.82, 2.24) is 20.0 Å². The normalized spacial score (nSPS) is 11.0. The van der Waals surface area contributed by atoms with Crippen LogP contribution < -0.4 is 10.1 Å². The summed E-state index contributed by atoms with van der Waals surface area (Å²) in [5.41, 5.74) is 3.19. The zero-order valence-corrected chi connectivity index (χ0v) is 20.5. The van der Waals surface area contributed by atoms with Crippen molar-refractivity contribution in [1.29, 1.82) is 0 Å². The van der Waals surface area contributed by atoms with Crippen molar-refractivity contribution in [3.8, 4) is 11.4 Å². The molecule has 31 heavy (non-hydrogen) atoms. The number of aromatic nitrogens is 2. The van der Waals surface area contributed by atoms with Crippen molar-refractivity contribution in [2.45, 2.75) is 13.2 Å². The number of rotatable bonds is 9. The first-order chi connectivity index (χ1) is 14.7. The standard InChI is InChI=1S/C23H29N5O2.HI/c1-24-23(25-13-14-30-18-20-9-7-8-12-22(20)29-3)27(2)16-19-15-26-28(17-19)21-10-5-4-6-11-21;/h4-12,15,17H,13-14,16,18H2,1-3H3,(H,24,25);1H. The van der Waals surface area contributed by atoms with Gasteiger partial charge in [0, 0.05) is 44.5 Å². The van der Waals surface area contributed by atoms with E-state index in [1.807, 2.05) is 78.7 Å². The molecule has 1 aromatic heterocycles. The summed E-state index contributed by atoms with van der Waals surface area (Å²) in [4.78, 5) is 6.42. The molecule has 1 N–H and O–H groups in total. The Morgan fingerprint density at radius 1 is 1.13 bits per heavy atom. The first-order valence-electron chi connectivity index (χ1n) is 9.91. The van der Waals surface area contributed by atoms with Crippen LogP contribution in [0.15, 0.2) is 72.0 Å². The van der Waals surface area contributed by atoms with E-state index < -0.39 is 0 Å². The highest BCUT2D eigenvalue weighted by molar-refractivity contribution is 14.0. The lowest BCUT2D eigenvalue weighted by Crippen LogP contribution is -2.39. The molecule has 8 heteroatoms. The molecule has 0 atom stereocenters. The molecule has 0 saturated carbocycles. The van der Waals surface area contributed by atoms with Gasteiger partial charge in [-0.1, -0.05) is 36.4 Å². The van der Waals surface area contributed by atoms with Gasteiger partial charge < -0.3 is 19.7 Å². The average molecular weight is 535 g/mol. The van der Waals surface area contributed by atoms with Crippen LogP contribution in [0.2, 0.25) is 0 Å². The van der Waals surface area contributed by atoms with Gasteiger partial charge >= 0.3 is 0 Å².